The van der Waals surface area contributed by atoms with Crippen molar-refractivity contribution in [3.63, 3.8) is 0 Å². The third-order valence-corrected chi connectivity index (χ3v) is 2.88. The van der Waals surface area contributed by atoms with Crippen LogP contribution in [0.2, 0.25) is 0 Å². The quantitative estimate of drug-likeness (QED) is 0.631. The van der Waals surface area contributed by atoms with E-state index in [1.54, 1.807) is 0 Å². The molecule has 0 saturated heterocycles. The Kier molecular flexibility index (Phi) is 4.02. The Morgan fingerprint density at radius 1 is 1.50 bits per heavy atom. The fourth-order valence-electron chi connectivity index (χ4n) is 1.28. The molecule has 1 saturated carbocycles. The van der Waals surface area contributed by atoms with E-state index in [1.165, 1.54) is 25.8 Å². The predicted molar refractivity (Wildman–Crippen MR) is 53.0 cm³/mol. The minimum atomic E-state index is 0.341. The molecule has 0 spiro atoms. The van der Waals surface area contributed by atoms with E-state index in [0.29, 0.717) is 12.0 Å². The summed E-state index contributed by atoms with van der Waals surface area (Å²) in [6, 6.07) is 0.341. The number of rotatable bonds is 6. The topological polar surface area (TPSA) is 38.0 Å². The number of hydrogen-bond donors (Lipinski definition) is 2. The van der Waals surface area contributed by atoms with E-state index >= 15 is 0 Å². The van der Waals surface area contributed by atoms with E-state index in [4.69, 9.17) is 5.73 Å². The highest BCUT2D eigenvalue weighted by Gasteiger charge is 2.20. The molecule has 2 atom stereocenters. The Morgan fingerprint density at radius 2 is 2.17 bits per heavy atom. The van der Waals surface area contributed by atoms with Crippen LogP contribution in [0.1, 0.15) is 33.1 Å². The van der Waals surface area contributed by atoms with Gasteiger partial charge < -0.3 is 11.1 Å². The molecule has 1 rings (SSSR count). The molecule has 0 aromatic carbocycles. The molecule has 0 heterocycles. The summed E-state index contributed by atoms with van der Waals surface area (Å²) in [7, 11) is 0. The largest absolute Gasteiger partial charge is 0.326 e. The summed E-state index contributed by atoms with van der Waals surface area (Å²) in [5.74, 6) is 1.62. The molecule has 0 aromatic rings. The van der Waals surface area contributed by atoms with Gasteiger partial charge >= 0.3 is 0 Å². The van der Waals surface area contributed by atoms with Gasteiger partial charge in [-0.25, -0.2) is 0 Å². The Bertz CT molecular complexity index is 121. The number of nitrogens with one attached hydrogen (secondary N) is 1. The average Bonchev–Trinajstić information content (AvgIpc) is 2.86. The first kappa shape index (κ1) is 10.0. The summed E-state index contributed by atoms with van der Waals surface area (Å²) < 4.78 is 0. The van der Waals surface area contributed by atoms with E-state index in [-0.39, 0.29) is 0 Å². The van der Waals surface area contributed by atoms with E-state index in [2.05, 4.69) is 19.2 Å². The van der Waals surface area contributed by atoms with Crippen molar-refractivity contribution in [2.75, 3.05) is 13.1 Å². The molecule has 2 heteroatoms. The van der Waals surface area contributed by atoms with Crippen molar-refractivity contribution in [1.29, 1.82) is 0 Å². The molecule has 1 aliphatic carbocycles. The molecular weight excluding hydrogens is 148 g/mol. The standard InChI is InChI=1S/C10H22N2/c1-3-8(2)10(11)7-12-6-9-4-5-9/h8-10,12H,3-7,11H2,1-2H3. The second-order valence-electron chi connectivity index (χ2n) is 4.15. The van der Waals surface area contributed by atoms with Crippen LogP contribution in [0.15, 0.2) is 0 Å². The molecule has 2 nitrogen and oxygen atoms in total. The van der Waals surface area contributed by atoms with Crippen molar-refractivity contribution in [3.8, 4) is 0 Å². The maximum atomic E-state index is 5.97. The zero-order valence-corrected chi connectivity index (χ0v) is 8.34. The predicted octanol–water partition coefficient (Wildman–Crippen LogP) is 1.36. The molecule has 2 unspecified atom stereocenters. The molecule has 72 valence electrons. The van der Waals surface area contributed by atoms with Gasteiger partial charge in [-0.15, -0.1) is 0 Å². The average molecular weight is 170 g/mol. The van der Waals surface area contributed by atoms with Crippen LogP contribution in [0.5, 0.6) is 0 Å². The lowest BCUT2D eigenvalue weighted by Crippen LogP contribution is -2.39. The lowest BCUT2D eigenvalue weighted by atomic mass is 10.0. The van der Waals surface area contributed by atoms with Crippen molar-refractivity contribution in [3.05, 3.63) is 0 Å². The van der Waals surface area contributed by atoms with Crippen molar-refractivity contribution in [2.45, 2.75) is 39.2 Å². The van der Waals surface area contributed by atoms with Gasteiger partial charge in [0.25, 0.3) is 0 Å². The molecule has 0 radical (unpaired) electrons. The van der Waals surface area contributed by atoms with Crippen LogP contribution in [0.25, 0.3) is 0 Å². The Labute approximate surface area is 75.9 Å². The monoisotopic (exact) mass is 170 g/mol. The van der Waals surface area contributed by atoms with Gasteiger partial charge in [0.15, 0.2) is 0 Å². The normalized spacial score (nSPS) is 22.2. The van der Waals surface area contributed by atoms with Crippen LogP contribution in [0.4, 0.5) is 0 Å². The third-order valence-electron chi connectivity index (χ3n) is 2.88. The van der Waals surface area contributed by atoms with Crippen molar-refractivity contribution < 1.29 is 0 Å². The molecule has 12 heavy (non-hydrogen) atoms. The maximum absolute atomic E-state index is 5.97. The van der Waals surface area contributed by atoms with Crippen LogP contribution < -0.4 is 11.1 Å². The lowest BCUT2D eigenvalue weighted by molar-refractivity contribution is 0.416. The summed E-state index contributed by atoms with van der Waals surface area (Å²) in [5, 5.41) is 3.44. The van der Waals surface area contributed by atoms with Gasteiger partial charge in [0.05, 0.1) is 0 Å². The zero-order chi connectivity index (χ0) is 8.97. The molecule has 3 N–H and O–H groups in total. The van der Waals surface area contributed by atoms with E-state index in [1.807, 2.05) is 0 Å². The molecule has 0 bridgehead atoms. The minimum absolute atomic E-state index is 0.341. The van der Waals surface area contributed by atoms with Crippen LogP contribution in [-0.2, 0) is 0 Å². The lowest BCUT2D eigenvalue weighted by Gasteiger charge is -2.18. The van der Waals surface area contributed by atoms with Crippen LogP contribution in [-0.4, -0.2) is 19.1 Å². The minimum Gasteiger partial charge on any atom is -0.326 e. The van der Waals surface area contributed by atoms with E-state index in [0.717, 1.165) is 12.5 Å². The first-order valence-electron chi connectivity index (χ1n) is 5.20. The smallest absolute Gasteiger partial charge is 0.0191 e. The van der Waals surface area contributed by atoms with Crippen molar-refractivity contribution in [2.24, 2.45) is 17.6 Å². The van der Waals surface area contributed by atoms with Gasteiger partial charge in [-0.1, -0.05) is 20.3 Å². The summed E-state index contributed by atoms with van der Waals surface area (Å²) in [5.41, 5.74) is 5.97. The molecule has 0 amide bonds. The van der Waals surface area contributed by atoms with E-state index < -0.39 is 0 Å². The fourth-order valence-corrected chi connectivity index (χ4v) is 1.28. The molecule has 0 aromatic heterocycles. The molecule has 1 fully saturated rings. The van der Waals surface area contributed by atoms with Crippen LogP contribution in [0, 0.1) is 11.8 Å². The Balaban J connectivity index is 1.96. The number of hydrogen-bond acceptors (Lipinski definition) is 2. The maximum Gasteiger partial charge on any atom is 0.0191 e. The summed E-state index contributed by atoms with van der Waals surface area (Å²) in [4.78, 5) is 0. The molecular formula is C10H22N2. The van der Waals surface area contributed by atoms with Gasteiger partial charge in [0, 0.05) is 12.6 Å². The Morgan fingerprint density at radius 3 is 2.67 bits per heavy atom. The van der Waals surface area contributed by atoms with Gasteiger partial charge in [0.1, 0.15) is 0 Å². The second-order valence-corrected chi connectivity index (χ2v) is 4.15. The van der Waals surface area contributed by atoms with Gasteiger partial charge in [-0.3, -0.25) is 0 Å². The summed E-state index contributed by atoms with van der Waals surface area (Å²) >= 11 is 0. The summed E-state index contributed by atoms with van der Waals surface area (Å²) in [6.07, 6.45) is 4.03. The van der Waals surface area contributed by atoms with Crippen LogP contribution in [0.3, 0.4) is 0 Å². The van der Waals surface area contributed by atoms with E-state index in [9.17, 15) is 0 Å². The highest BCUT2D eigenvalue weighted by Crippen LogP contribution is 2.27. The third kappa shape index (κ3) is 3.55. The van der Waals surface area contributed by atoms with Crippen LogP contribution >= 0.6 is 0 Å². The summed E-state index contributed by atoms with van der Waals surface area (Å²) in [6.45, 7) is 6.60. The zero-order valence-electron chi connectivity index (χ0n) is 8.34. The van der Waals surface area contributed by atoms with Gasteiger partial charge in [-0.2, -0.15) is 0 Å². The molecule has 0 aliphatic heterocycles. The van der Waals surface area contributed by atoms with Gasteiger partial charge in [0.2, 0.25) is 0 Å². The number of nitrogens with two attached hydrogens (primary N) is 1. The van der Waals surface area contributed by atoms with Gasteiger partial charge in [-0.05, 0) is 31.2 Å². The first-order valence-corrected chi connectivity index (χ1v) is 5.20. The highest BCUT2D eigenvalue weighted by molar-refractivity contribution is 4.77. The highest BCUT2D eigenvalue weighted by atomic mass is 14.9. The SMILES string of the molecule is CCC(C)C(N)CNCC1CC1. The van der Waals surface area contributed by atoms with Crippen molar-refractivity contribution in [1.82, 2.24) is 5.32 Å². The molecule has 1 aliphatic rings. The second kappa shape index (κ2) is 4.83. The fraction of sp³-hybridized carbons (Fsp3) is 1.00. The van der Waals surface area contributed by atoms with Crippen molar-refractivity contribution >= 4 is 0 Å². The first-order chi connectivity index (χ1) is 5.74. The Hall–Kier alpha value is -0.0800.